The first kappa shape index (κ1) is 12.1. The number of nitrogens with zero attached hydrogens (tertiary/aromatic N) is 2. The number of rotatable bonds is 5. The Labute approximate surface area is 106 Å². The van der Waals surface area contributed by atoms with E-state index in [4.69, 9.17) is 11.6 Å². The number of aryl methyl sites for hydroxylation is 1. The molecule has 1 heterocycles. The predicted molar refractivity (Wildman–Crippen MR) is 70.1 cm³/mol. The van der Waals surface area contributed by atoms with E-state index in [0.29, 0.717) is 0 Å². The Balaban J connectivity index is 1.71. The second kappa shape index (κ2) is 5.84. The molecule has 0 amide bonds. The molecule has 0 fully saturated rings. The van der Waals surface area contributed by atoms with Crippen molar-refractivity contribution in [2.24, 2.45) is 7.05 Å². The number of halogens is 1. The Bertz CT molecular complexity index is 462. The average Bonchev–Trinajstić information content (AvgIpc) is 2.73. The molecule has 0 radical (unpaired) electrons. The minimum absolute atomic E-state index is 0.789. The maximum Gasteiger partial charge on any atom is 0.0534 e. The molecule has 0 unspecified atom stereocenters. The molecule has 1 aromatic heterocycles. The van der Waals surface area contributed by atoms with Crippen LogP contribution in [0.25, 0.3) is 0 Å². The van der Waals surface area contributed by atoms with E-state index >= 15 is 0 Å². The van der Waals surface area contributed by atoms with Crippen LogP contribution in [0.1, 0.15) is 11.1 Å². The van der Waals surface area contributed by atoms with Crippen molar-refractivity contribution in [2.45, 2.75) is 13.0 Å². The molecule has 0 aliphatic carbocycles. The summed E-state index contributed by atoms with van der Waals surface area (Å²) in [6.07, 6.45) is 4.92. The Morgan fingerprint density at radius 1 is 1.24 bits per heavy atom. The van der Waals surface area contributed by atoms with Crippen molar-refractivity contribution < 1.29 is 0 Å². The molecule has 0 atom stereocenters. The van der Waals surface area contributed by atoms with Crippen molar-refractivity contribution >= 4 is 11.6 Å². The lowest BCUT2D eigenvalue weighted by Crippen LogP contribution is -2.16. The Kier molecular flexibility index (Phi) is 4.18. The maximum absolute atomic E-state index is 5.83. The van der Waals surface area contributed by atoms with E-state index in [0.717, 1.165) is 24.5 Å². The third-order valence-corrected chi connectivity index (χ3v) is 2.84. The number of hydrogen-bond acceptors (Lipinski definition) is 2. The van der Waals surface area contributed by atoms with Gasteiger partial charge in [-0.05, 0) is 30.7 Å². The van der Waals surface area contributed by atoms with Crippen LogP contribution >= 0.6 is 11.6 Å². The third kappa shape index (κ3) is 3.88. The Morgan fingerprint density at radius 3 is 2.65 bits per heavy atom. The standard InChI is InChI=1S/C13H16ClN3/c1-17-10-12(9-16-17)8-15-7-6-11-2-4-13(14)5-3-11/h2-5,9-10,15H,6-8H2,1H3. The minimum atomic E-state index is 0.789. The molecule has 4 heteroatoms. The van der Waals surface area contributed by atoms with E-state index in [9.17, 15) is 0 Å². The van der Waals surface area contributed by atoms with Crippen molar-refractivity contribution in [1.29, 1.82) is 0 Å². The Hall–Kier alpha value is -1.32. The Morgan fingerprint density at radius 2 is 2.00 bits per heavy atom. The van der Waals surface area contributed by atoms with Gasteiger partial charge in [0.1, 0.15) is 0 Å². The molecule has 2 rings (SSSR count). The minimum Gasteiger partial charge on any atom is -0.312 e. The topological polar surface area (TPSA) is 29.9 Å². The molecule has 2 aromatic rings. The van der Waals surface area contributed by atoms with E-state index in [2.05, 4.69) is 22.5 Å². The molecular formula is C13H16ClN3. The molecule has 1 N–H and O–H groups in total. The summed E-state index contributed by atoms with van der Waals surface area (Å²) in [5.41, 5.74) is 2.51. The van der Waals surface area contributed by atoms with Crippen LogP contribution in [0, 0.1) is 0 Å². The van der Waals surface area contributed by atoms with Crippen LogP contribution in [0.3, 0.4) is 0 Å². The molecule has 0 saturated carbocycles. The summed E-state index contributed by atoms with van der Waals surface area (Å²) in [6, 6.07) is 7.98. The molecule has 90 valence electrons. The van der Waals surface area contributed by atoms with Crippen molar-refractivity contribution in [3.8, 4) is 0 Å². The van der Waals surface area contributed by atoms with Gasteiger partial charge < -0.3 is 5.32 Å². The lowest BCUT2D eigenvalue weighted by atomic mass is 10.1. The zero-order chi connectivity index (χ0) is 12.1. The summed E-state index contributed by atoms with van der Waals surface area (Å²) in [5, 5.41) is 8.31. The van der Waals surface area contributed by atoms with Gasteiger partial charge in [0.2, 0.25) is 0 Å². The van der Waals surface area contributed by atoms with Gasteiger partial charge in [-0.1, -0.05) is 23.7 Å². The number of nitrogens with one attached hydrogen (secondary N) is 1. The van der Waals surface area contributed by atoms with Gasteiger partial charge in [-0.15, -0.1) is 0 Å². The molecule has 0 bridgehead atoms. The van der Waals surface area contributed by atoms with Crippen molar-refractivity contribution in [3.05, 3.63) is 52.8 Å². The van der Waals surface area contributed by atoms with Gasteiger partial charge in [0.05, 0.1) is 6.20 Å². The van der Waals surface area contributed by atoms with Gasteiger partial charge in [-0.2, -0.15) is 5.10 Å². The molecule has 1 aromatic carbocycles. The summed E-state index contributed by atoms with van der Waals surface area (Å²) in [6.45, 7) is 1.82. The first-order valence-electron chi connectivity index (χ1n) is 5.67. The van der Waals surface area contributed by atoms with Gasteiger partial charge in [-0.3, -0.25) is 4.68 Å². The normalized spacial score (nSPS) is 10.7. The van der Waals surface area contributed by atoms with Crippen LogP contribution in [0.2, 0.25) is 5.02 Å². The lowest BCUT2D eigenvalue weighted by molar-refractivity contribution is 0.685. The monoisotopic (exact) mass is 249 g/mol. The van der Waals surface area contributed by atoms with E-state index in [1.807, 2.05) is 36.3 Å². The first-order chi connectivity index (χ1) is 8.24. The zero-order valence-corrected chi connectivity index (χ0v) is 10.6. The highest BCUT2D eigenvalue weighted by atomic mass is 35.5. The molecular weight excluding hydrogens is 234 g/mol. The second-order valence-electron chi connectivity index (χ2n) is 4.08. The molecule has 0 spiro atoms. The third-order valence-electron chi connectivity index (χ3n) is 2.59. The van der Waals surface area contributed by atoms with Crippen LogP contribution in [0.15, 0.2) is 36.7 Å². The van der Waals surface area contributed by atoms with Crippen LogP contribution in [-0.4, -0.2) is 16.3 Å². The lowest BCUT2D eigenvalue weighted by Gasteiger charge is -2.03. The summed E-state index contributed by atoms with van der Waals surface area (Å²) in [5.74, 6) is 0. The summed E-state index contributed by atoms with van der Waals surface area (Å²) in [7, 11) is 1.93. The van der Waals surface area contributed by atoms with E-state index in [-0.39, 0.29) is 0 Å². The van der Waals surface area contributed by atoms with Gasteiger partial charge >= 0.3 is 0 Å². The highest BCUT2D eigenvalue weighted by molar-refractivity contribution is 6.30. The van der Waals surface area contributed by atoms with E-state index in [1.54, 1.807) is 0 Å². The van der Waals surface area contributed by atoms with Crippen LogP contribution in [0.4, 0.5) is 0 Å². The number of benzene rings is 1. The highest BCUT2D eigenvalue weighted by Gasteiger charge is 1.96. The van der Waals surface area contributed by atoms with Gasteiger partial charge in [0, 0.05) is 30.4 Å². The van der Waals surface area contributed by atoms with E-state index < -0.39 is 0 Å². The van der Waals surface area contributed by atoms with Crippen molar-refractivity contribution in [1.82, 2.24) is 15.1 Å². The average molecular weight is 250 g/mol. The fourth-order valence-electron chi connectivity index (χ4n) is 1.68. The highest BCUT2D eigenvalue weighted by Crippen LogP contribution is 2.09. The summed E-state index contributed by atoms with van der Waals surface area (Å²) < 4.78 is 1.82. The van der Waals surface area contributed by atoms with Crippen molar-refractivity contribution in [2.75, 3.05) is 6.54 Å². The van der Waals surface area contributed by atoms with Crippen LogP contribution in [-0.2, 0) is 20.0 Å². The smallest absolute Gasteiger partial charge is 0.0534 e. The SMILES string of the molecule is Cn1cc(CNCCc2ccc(Cl)cc2)cn1. The van der Waals surface area contributed by atoms with Crippen LogP contribution < -0.4 is 5.32 Å². The fourth-order valence-corrected chi connectivity index (χ4v) is 1.81. The van der Waals surface area contributed by atoms with E-state index in [1.165, 1.54) is 11.1 Å². The molecule has 0 aliphatic heterocycles. The molecule has 0 saturated heterocycles. The summed E-state index contributed by atoms with van der Waals surface area (Å²) in [4.78, 5) is 0. The van der Waals surface area contributed by atoms with Gasteiger partial charge in [-0.25, -0.2) is 0 Å². The predicted octanol–water partition coefficient (Wildman–Crippen LogP) is 2.41. The van der Waals surface area contributed by atoms with Gasteiger partial charge in [0.25, 0.3) is 0 Å². The molecule has 0 aliphatic rings. The maximum atomic E-state index is 5.83. The fraction of sp³-hybridized carbons (Fsp3) is 0.308. The first-order valence-corrected chi connectivity index (χ1v) is 6.04. The molecule has 17 heavy (non-hydrogen) atoms. The van der Waals surface area contributed by atoms with Crippen molar-refractivity contribution in [3.63, 3.8) is 0 Å². The molecule has 3 nitrogen and oxygen atoms in total. The van der Waals surface area contributed by atoms with Gasteiger partial charge in [0.15, 0.2) is 0 Å². The second-order valence-corrected chi connectivity index (χ2v) is 4.51. The zero-order valence-electron chi connectivity index (χ0n) is 9.86. The summed E-state index contributed by atoms with van der Waals surface area (Å²) >= 11 is 5.83. The number of aromatic nitrogens is 2. The van der Waals surface area contributed by atoms with Crippen LogP contribution in [0.5, 0.6) is 0 Å². The largest absolute Gasteiger partial charge is 0.312 e. The number of hydrogen-bond donors (Lipinski definition) is 1. The quantitative estimate of drug-likeness (QED) is 0.825.